The summed E-state index contributed by atoms with van der Waals surface area (Å²) in [5, 5.41) is 10.1. The van der Waals surface area contributed by atoms with Crippen molar-refractivity contribution in [3.8, 4) is 0 Å². The lowest BCUT2D eigenvalue weighted by Gasteiger charge is -2.35. The predicted molar refractivity (Wildman–Crippen MR) is 113 cm³/mol. The van der Waals surface area contributed by atoms with Gasteiger partial charge in [0.1, 0.15) is 6.26 Å². The minimum atomic E-state index is -0.291. The third-order valence-electron chi connectivity index (χ3n) is 6.21. The second kappa shape index (κ2) is 10.9. The topological polar surface area (TPSA) is 73.1 Å². The average Bonchev–Trinajstić information content (AvgIpc) is 3.21. The Balaban J connectivity index is 1.43. The molecule has 1 aliphatic carbocycles. The molecule has 0 radical (unpaired) electrons. The number of aromatic nitrogens is 1. The molecule has 2 heterocycles. The molecule has 1 amide bonds. The van der Waals surface area contributed by atoms with Gasteiger partial charge in [0.05, 0.1) is 12.6 Å². The van der Waals surface area contributed by atoms with E-state index in [9.17, 15) is 9.90 Å². The van der Waals surface area contributed by atoms with Gasteiger partial charge in [0, 0.05) is 45.8 Å². The van der Waals surface area contributed by atoms with Crippen LogP contribution >= 0.6 is 0 Å². The Kier molecular flexibility index (Phi) is 8.27. The smallest absolute Gasteiger partial charge is 0.275 e. The zero-order valence-electron chi connectivity index (χ0n) is 17.8. The van der Waals surface area contributed by atoms with E-state index >= 15 is 0 Å². The van der Waals surface area contributed by atoms with Gasteiger partial charge in [0.15, 0.2) is 5.69 Å². The number of β-amino-alcohol motifs (C(OH)–C–C–N with tert-alkyl or cyclic N) is 1. The molecule has 3 rings (SSSR count). The van der Waals surface area contributed by atoms with E-state index in [0.29, 0.717) is 30.7 Å². The zero-order valence-corrected chi connectivity index (χ0v) is 17.8. The maximum atomic E-state index is 12.7. The van der Waals surface area contributed by atoms with E-state index in [4.69, 9.17) is 4.42 Å². The van der Waals surface area contributed by atoms with Crippen LogP contribution in [0.25, 0.3) is 0 Å². The number of amides is 1. The third-order valence-corrected chi connectivity index (χ3v) is 6.21. The normalized spacial score (nSPS) is 20.5. The van der Waals surface area contributed by atoms with Crippen LogP contribution in [0.15, 0.2) is 23.3 Å². The largest absolute Gasteiger partial charge is 0.447 e. The summed E-state index contributed by atoms with van der Waals surface area (Å²) in [6.07, 6.45) is 10.5. The number of carbonyl (C=O) groups is 1. The molecule has 2 fully saturated rings. The molecule has 1 atom stereocenters. The Bertz CT molecular complexity index is 648. The number of aliphatic hydroxyl groups excluding tert-OH is 1. The van der Waals surface area contributed by atoms with Crippen molar-refractivity contribution < 1.29 is 14.3 Å². The van der Waals surface area contributed by atoms with Gasteiger partial charge < -0.3 is 14.4 Å². The molecule has 2 aliphatic rings. The molecule has 1 unspecified atom stereocenters. The van der Waals surface area contributed by atoms with Gasteiger partial charge in [-0.3, -0.25) is 14.6 Å². The highest BCUT2D eigenvalue weighted by atomic mass is 16.3. The number of piperazine rings is 1. The third kappa shape index (κ3) is 6.39. The Morgan fingerprint density at radius 1 is 1.31 bits per heavy atom. The van der Waals surface area contributed by atoms with E-state index in [1.165, 1.54) is 25.5 Å². The van der Waals surface area contributed by atoms with Crippen LogP contribution in [0, 0.1) is 0 Å². The van der Waals surface area contributed by atoms with Crippen LogP contribution in [-0.2, 0) is 6.54 Å². The van der Waals surface area contributed by atoms with Crippen LogP contribution in [0.1, 0.15) is 61.3 Å². The van der Waals surface area contributed by atoms with Crippen molar-refractivity contribution in [3.63, 3.8) is 0 Å². The first-order valence-corrected chi connectivity index (χ1v) is 11.0. The number of oxazole rings is 1. The molecular formula is C22H36N4O3. The maximum absolute atomic E-state index is 12.7. The molecule has 0 aromatic carbocycles. The van der Waals surface area contributed by atoms with Crippen LogP contribution in [-0.4, -0.2) is 82.6 Å². The van der Waals surface area contributed by atoms with Gasteiger partial charge in [-0.25, -0.2) is 4.98 Å². The lowest BCUT2D eigenvalue weighted by Crippen LogP contribution is -2.48. The summed E-state index contributed by atoms with van der Waals surface area (Å²) in [6.45, 7) is 8.69. The maximum Gasteiger partial charge on any atom is 0.275 e. The van der Waals surface area contributed by atoms with E-state index in [2.05, 4.69) is 21.4 Å². The summed E-state index contributed by atoms with van der Waals surface area (Å²) >= 11 is 0. The van der Waals surface area contributed by atoms with Crippen molar-refractivity contribution in [2.75, 3.05) is 39.8 Å². The fourth-order valence-electron chi connectivity index (χ4n) is 4.32. The van der Waals surface area contributed by atoms with Crippen molar-refractivity contribution in [1.29, 1.82) is 0 Å². The predicted octanol–water partition coefficient (Wildman–Crippen LogP) is 2.52. The standard InChI is InChI=1S/C22H36N4O3/c1-3-4-10-19(27)15-25-11-13-26(14-12-25)16-21-23-20(17-29-21)22(28)24(2)18-8-6-5-7-9-18/h3,17-19,27H,1,4-16H2,2H3. The van der Waals surface area contributed by atoms with Gasteiger partial charge in [0.25, 0.3) is 5.91 Å². The molecule has 29 heavy (non-hydrogen) atoms. The highest BCUT2D eigenvalue weighted by Crippen LogP contribution is 2.23. The minimum absolute atomic E-state index is 0.0368. The van der Waals surface area contributed by atoms with Crippen molar-refractivity contribution >= 4 is 5.91 Å². The first-order chi connectivity index (χ1) is 14.1. The molecule has 1 saturated heterocycles. The second-order valence-electron chi connectivity index (χ2n) is 8.43. The number of hydrogen-bond acceptors (Lipinski definition) is 6. The van der Waals surface area contributed by atoms with Crippen molar-refractivity contribution in [2.45, 2.75) is 63.6 Å². The monoisotopic (exact) mass is 404 g/mol. The lowest BCUT2D eigenvalue weighted by molar-refractivity contribution is 0.0641. The number of hydrogen-bond donors (Lipinski definition) is 1. The van der Waals surface area contributed by atoms with Gasteiger partial charge >= 0.3 is 0 Å². The van der Waals surface area contributed by atoms with Gasteiger partial charge in [-0.1, -0.05) is 25.3 Å². The van der Waals surface area contributed by atoms with Crippen LogP contribution in [0.2, 0.25) is 0 Å². The van der Waals surface area contributed by atoms with Crippen LogP contribution in [0.4, 0.5) is 0 Å². The molecule has 0 spiro atoms. The van der Waals surface area contributed by atoms with Crippen LogP contribution in [0.5, 0.6) is 0 Å². The van der Waals surface area contributed by atoms with Crippen LogP contribution in [0.3, 0.4) is 0 Å². The number of rotatable bonds is 9. The summed E-state index contributed by atoms with van der Waals surface area (Å²) in [6, 6.07) is 0.325. The van der Waals surface area contributed by atoms with E-state index in [1.807, 2.05) is 18.0 Å². The highest BCUT2D eigenvalue weighted by Gasteiger charge is 2.26. The van der Waals surface area contributed by atoms with Crippen molar-refractivity contribution in [2.24, 2.45) is 0 Å². The minimum Gasteiger partial charge on any atom is -0.447 e. The van der Waals surface area contributed by atoms with E-state index in [1.54, 1.807) is 0 Å². The van der Waals surface area contributed by atoms with Gasteiger partial charge in [-0.05, 0) is 25.7 Å². The van der Waals surface area contributed by atoms with Crippen LogP contribution < -0.4 is 0 Å². The summed E-state index contributed by atoms with van der Waals surface area (Å²) < 4.78 is 5.60. The quantitative estimate of drug-likeness (QED) is 0.638. The van der Waals surface area contributed by atoms with Gasteiger partial charge in [-0.2, -0.15) is 0 Å². The lowest BCUT2D eigenvalue weighted by atomic mass is 9.94. The second-order valence-corrected chi connectivity index (χ2v) is 8.43. The molecule has 1 aliphatic heterocycles. The fourth-order valence-corrected chi connectivity index (χ4v) is 4.32. The molecule has 162 valence electrons. The molecule has 0 bridgehead atoms. The molecular weight excluding hydrogens is 368 g/mol. The number of carbonyl (C=O) groups excluding carboxylic acids is 1. The van der Waals surface area contributed by atoms with E-state index in [0.717, 1.165) is 51.9 Å². The molecule has 1 saturated carbocycles. The number of allylic oxidation sites excluding steroid dienone is 1. The number of nitrogens with zero attached hydrogens (tertiary/aromatic N) is 4. The first kappa shape index (κ1) is 22.0. The summed E-state index contributed by atoms with van der Waals surface area (Å²) in [5.74, 6) is 0.565. The first-order valence-electron chi connectivity index (χ1n) is 11.0. The molecule has 1 aromatic rings. The highest BCUT2D eigenvalue weighted by molar-refractivity contribution is 5.92. The zero-order chi connectivity index (χ0) is 20.6. The van der Waals surface area contributed by atoms with Crippen molar-refractivity contribution in [3.05, 3.63) is 30.5 Å². The summed E-state index contributed by atoms with van der Waals surface area (Å²) in [5.41, 5.74) is 0.414. The van der Waals surface area contributed by atoms with Gasteiger partial charge in [-0.15, -0.1) is 6.58 Å². The Morgan fingerprint density at radius 2 is 2.00 bits per heavy atom. The Morgan fingerprint density at radius 3 is 2.69 bits per heavy atom. The Hall–Kier alpha value is -1.70. The van der Waals surface area contributed by atoms with E-state index in [-0.39, 0.29) is 12.0 Å². The fraction of sp³-hybridized carbons (Fsp3) is 0.727. The molecule has 1 aromatic heterocycles. The molecule has 1 N–H and O–H groups in total. The van der Waals surface area contributed by atoms with Gasteiger partial charge in [0.2, 0.25) is 5.89 Å². The molecule has 7 heteroatoms. The molecule has 7 nitrogen and oxygen atoms in total. The SMILES string of the molecule is C=CCCC(O)CN1CCN(Cc2nc(C(=O)N(C)C3CCCCC3)co2)CC1. The summed E-state index contributed by atoms with van der Waals surface area (Å²) in [7, 11) is 1.88. The summed E-state index contributed by atoms with van der Waals surface area (Å²) in [4.78, 5) is 23.6. The number of aliphatic hydroxyl groups is 1. The average molecular weight is 405 g/mol. The Labute approximate surface area is 174 Å². The van der Waals surface area contributed by atoms with Crippen molar-refractivity contribution in [1.82, 2.24) is 19.7 Å². The van der Waals surface area contributed by atoms with E-state index < -0.39 is 0 Å².